The molecule has 0 saturated carbocycles. The van der Waals surface area contributed by atoms with E-state index < -0.39 is 0 Å². The third kappa shape index (κ3) is 2.40. The van der Waals surface area contributed by atoms with Gasteiger partial charge in [-0.15, -0.1) is 5.10 Å². The first-order chi connectivity index (χ1) is 8.72. The predicted octanol–water partition coefficient (Wildman–Crippen LogP) is 1.46. The van der Waals surface area contributed by atoms with Crippen molar-refractivity contribution in [2.75, 3.05) is 7.11 Å². The highest BCUT2D eigenvalue weighted by atomic mass is 16.5. The van der Waals surface area contributed by atoms with Gasteiger partial charge < -0.3 is 16.2 Å². The maximum atomic E-state index is 5.31. The fraction of sp³-hybridized carbons (Fsp3) is 0.0769. The molecular weight excluding hydrogens is 228 g/mol. The average molecular weight is 242 g/mol. The molecule has 0 aromatic heterocycles. The van der Waals surface area contributed by atoms with E-state index in [1.165, 1.54) is 0 Å². The normalized spacial score (nSPS) is 10.7. The first-order valence-electron chi connectivity index (χ1n) is 5.40. The molecule has 0 unspecified atom stereocenters. The topological polar surface area (TPSA) is 86.0 Å². The highest BCUT2D eigenvalue weighted by Crippen LogP contribution is 2.27. The third-order valence-electron chi connectivity index (χ3n) is 2.51. The van der Waals surface area contributed by atoms with Crippen molar-refractivity contribution >= 4 is 22.9 Å². The fourth-order valence-corrected chi connectivity index (χ4v) is 1.74. The van der Waals surface area contributed by atoms with Gasteiger partial charge in [0.2, 0.25) is 5.96 Å². The molecule has 0 amide bonds. The van der Waals surface area contributed by atoms with Gasteiger partial charge in [0.05, 0.1) is 13.3 Å². The van der Waals surface area contributed by atoms with E-state index in [0.717, 1.165) is 22.1 Å². The van der Waals surface area contributed by atoms with E-state index in [1.807, 2.05) is 36.4 Å². The summed E-state index contributed by atoms with van der Waals surface area (Å²) >= 11 is 0. The van der Waals surface area contributed by atoms with Gasteiger partial charge in [-0.2, -0.15) is 5.10 Å². The van der Waals surface area contributed by atoms with Crippen molar-refractivity contribution in [3.63, 3.8) is 0 Å². The number of nitrogens with two attached hydrogens (primary N) is 2. The van der Waals surface area contributed by atoms with Crippen LogP contribution in [0.25, 0.3) is 10.8 Å². The summed E-state index contributed by atoms with van der Waals surface area (Å²) in [6.45, 7) is 0. The van der Waals surface area contributed by atoms with Gasteiger partial charge in [-0.1, -0.05) is 24.3 Å². The molecule has 2 aromatic rings. The summed E-state index contributed by atoms with van der Waals surface area (Å²) in [7, 11) is 1.65. The Kier molecular flexibility index (Phi) is 3.43. The Labute approximate surface area is 105 Å². The second-order valence-corrected chi connectivity index (χ2v) is 3.67. The molecule has 0 spiro atoms. The minimum absolute atomic E-state index is 0.0657. The highest BCUT2D eigenvalue weighted by molar-refractivity contribution is 6.02. The van der Waals surface area contributed by atoms with Crippen LogP contribution in [0.2, 0.25) is 0 Å². The summed E-state index contributed by atoms with van der Waals surface area (Å²) in [6, 6.07) is 11.7. The largest absolute Gasteiger partial charge is 0.496 e. The molecule has 0 aliphatic heterocycles. The van der Waals surface area contributed by atoms with Crippen LogP contribution in [0.5, 0.6) is 5.75 Å². The molecule has 0 atom stereocenters. The number of hydrogen-bond donors (Lipinski definition) is 2. The molecule has 5 heteroatoms. The standard InChI is InChI=1S/C13H14N4O/c1-18-12-7-6-9(8-16-17-13(14)15)10-4-2-3-5-11(10)12/h2-8H,1H3,(H4,14,15,17). The number of nitrogens with zero attached hydrogens (tertiary/aromatic N) is 2. The van der Waals surface area contributed by atoms with E-state index in [9.17, 15) is 0 Å². The summed E-state index contributed by atoms with van der Waals surface area (Å²) in [5, 5.41) is 9.45. The van der Waals surface area contributed by atoms with Gasteiger partial charge in [-0.3, -0.25) is 0 Å². The first kappa shape index (κ1) is 11.9. The lowest BCUT2D eigenvalue weighted by Crippen LogP contribution is -2.21. The van der Waals surface area contributed by atoms with Crippen molar-refractivity contribution < 1.29 is 4.74 Å². The van der Waals surface area contributed by atoms with Crippen LogP contribution in [0.15, 0.2) is 46.6 Å². The molecule has 0 aliphatic carbocycles. The quantitative estimate of drug-likeness (QED) is 0.485. The van der Waals surface area contributed by atoms with Crippen LogP contribution in [-0.2, 0) is 0 Å². The van der Waals surface area contributed by atoms with Crippen LogP contribution in [0.1, 0.15) is 5.56 Å². The molecule has 18 heavy (non-hydrogen) atoms. The molecule has 4 N–H and O–H groups in total. The maximum absolute atomic E-state index is 5.31. The summed E-state index contributed by atoms with van der Waals surface area (Å²) < 4.78 is 5.31. The van der Waals surface area contributed by atoms with Gasteiger partial charge in [0.1, 0.15) is 5.75 Å². The third-order valence-corrected chi connectivity index (χ3v) is 2.51. The number of guanidine groups is 1. The summed E-state index contributed by atoms with van der Waals surface area (Å²) in [6.07, 6.45) is 1.61. The van der Waals surface area contributed by atoms with E-state index in [-0.39, 0.29) is 5.96 Å². The van der Waals surface area contributed by atoms with E-state index in [4.69, 9.17) is 16.2 Å². The van der Waals surface area contributed by atoms with Crippen LogP contribution in [0.4, 0.5) is 0 Å². The summed E-state index contributed by atoms with van der Waals surface area (Å²) in [4.78, 5) is 0. The van der Waals surface area contributed by atoms with Gasteiger partial charge in [0, 0.05) is 10.9 Å². The lowest BCUT2D eigenvalue weighted by molar-refractivity contribution is 0.420. The second kappa shape index (κ2) is 5.18. The lowest BCUT2D eigenvalue weighted by atomic mass is 10.0. The minimum atomic E-state index is -0.0657. The Hall–Kier alpha value is -2.56. The van der Waals surface area contributed by atoms with Gasteiger partial charge in [0.25, 0.3) is 0 Å². The molecule has 0 bridgehead atoms. The number of methoxy groups -OCH3 is 1. The number of ether oxygens (including phenoxy) is 1. The lowest BCUT2D eigenvalue weighted by Gasteiger charge is -2.07. The molecule has 0 saturated heterocycles. The van der Waals surface area contributed by atoms with E-state index in [2.05, 4.69) is 10.2 Å². The maximum Gasteiger partial charge on any atom is 0.211 e. The Morgan fingerprint density at radius 3 is 2.50 bits per heavy atom. The van der Waals surface area contributed by atoms with Crippen molar-refractivity contribution in [3.05, 3.63) is 42.0 Å². The van der Waals surface area contributed by atoms with Crippen LogP contribution in [0.3, 0.4) is 0 Å². The molecular formula is C13H14N4O. The SMILES string of the molecule is COc1ccc(C=NN=C(N)N)c2ccccc12. The van der Waals surface area contributed by atoms with Crippen LogP contribution < -0.4 is 16.2 Å². The van der Waals surface area contributed by atoms with Crippen molar-refractivity contribution in [1.82, 2.24) is 0 Å². The molecule has 2 rings (SSSR count). The van der Waals surface area contributed by atoms with Crippen molar-refractivity contribution in [3.8, 4) is 5.75 Å². The highest BCUT2D eigenvalue weighted by Gasteiger charge is 2.03. The number of benzene rings is 2. The zero-order valence-corrected chi connectivity index (χ0v) is 10.00. The van der Waals surface area contributed by atoms with Gasteiger partial charge >= 0.3 is 0 Å². The molecule has 0 heterocycles. The Morgan fingerprint density at radius 2 is 1.83 bits per heavy atom. The van der Waals surface area contributed by atoms with Crippen molar-refractivity contribution in [2.45, 2.75) is 0 Å². The van der Waals surface area contributed by atoms with Gasteiger partial charge in [0.15, 0.2) is 0 Å². The molecule has 2 aromatic carbocycles. The van der Waals surface area contributed by atoms with E-state index in [0.29, 0.717) is 0 Å². The first-order valence-corrected chi connectivity index (χ1v) is 5.40. The number of fused-ring (bicyclic) bond motifs is 1. The van der Waals surface area contributed by atoms with Crippen LogP contribution >= 0.6 is 0 Å². The Balaban J connectivity index is 2.53. The van der Waals surface area contributed by atoms with E-state index >= 15 is 0 Å². The molecule has 0 radical (unpaired) electrons. The zero-order valence-electron chi connectivity index (χ0n) is 10.00. The van der Waals surface area contributed by atoms with Gasteiger partial charge in [-0.05, 0) is 17.5 Å². The molecule has 5 nitrogen and oxygen atoms in total. The molecule has 0 aliphatic rings. The predicted molar refractivity (Wildman–Crippen MR) is 73.9 cm³/mol. The van der Waals surface area contributed by atoms with E-state index in [1.54, 1.807) is 13.3 Å². The molecule has 0 fully saturated rings. The van der Waals surface area contributed by atoms with Gasteiger partial charge in [-0.25, -0.2) is 0 Å². The average Bonchev–Trinajstić information content (AvgIpc) is 2.38. The summed E-state index contributed by atoms with van der Waals surface area (Å²) in [5.41, 5.74) is 11.3. The smallest absolute Gasteiger partial charge is 0.211 e. The minimum Gasteiger partial charge on any atom is -0.496 e. The molecule has 92 valence electrons. The van der Waals surface area contributed by atoms with Crippen LogP contribution in [-0.4, -0.2) is 19.3 Å². The Bertz CT molecular complexity index is 615. The van der Waals surface area contributed by atoms with Crippen molar-refractivity contribution in [1.29, 1.82) is 0 Å². The summed E-state index contributed by atoms with van der Waals surface area (Å²) in [5.74, 6) is 0.758. The Morgan fingerprint density at radius 1 is 1.11 bits per heavy atom. The zero-order chi connectivity index (χ0) is 13.0. The fourth-order valence-electron chi connectivity index (χ4n) is 1.74. The van der Waals surface area contributed by atoms with Crippen LogP contribution in [0, 0.1) is 0 Å². The second-order valence-electron chi connectivity index (χ2n) is 3.67. The number of rotatable bonds is 3. The van der Waals surface area contributed by atoms with Crippen molar-refractivity contribution in [2.24, 2.45) is 21.7 Å². The number of hydrogen-bond acceptors (Lipinski definition) is 3. The monoisotopic (exact) mass is 242 g/mol.